The van der Waals surface area contributed by atoms with Gasteiger partial charge in [0.2, 0.25) is 6.41 Å². The van der Waals surface area contributed by atoms with E-state index in [2.05, 4.69) is 15.2 Å². The lowest BCUT2D eigenvalue weighted by Crippen LogP contribution is -2.43. The first kappa shape index (κ1) is 23.3. The first-order chi connectivity index (χ1) is 16.7. The van der Waals surface area contributed by atoms with Crippen molar-refractivity contribution in [3.8, 4) is 0 Å². The highest BCUT2D eigenvalue weighted by molar-refractivity contribution is 6.06. The van der Waals surface area contributed by atoms with Crippen LogP contribution in [0.25, 0.3) is 0 Å². The average molecular weight is 457 g/mol. The lowest BCUT2D eigenvalue weighted by molar-refractivity contribution is -0.105. The van der Waals surface area contributed by atoms with Gasteiger partial charge in [0.25, 0.3) is 5.91 Å². The predicted molar refractivity (Wildman–Crippen MR) is 132 cm³/mol. The molecule has 3 aromatic rings. The average Bonchev–Trinajstić information content (AvgIpc) is 2.90. The number of benzene rings is 2. The van der Waals surface area contributed by atoms with Gasteiger partial charge in [-0.05, 0) is 62.3 Å². The van der Waals surface area contributed by atoms with Crippen molar-refractivity contribution in [2.24, 2.45) is 5.92 Å². The molecule has 1 aromatic heterocycles. The summed E-state index contributed by atoms with van der Waals surface area (Å²) in [6, 6.07) is 20.0. The van der Waals surface area contributed by atoms with E-state index in [1.54, 1.807) is 41.6 Å². The minimum absolute atomic E-state index is 0.0493. The molecule has 0 unspecified atom stereocenters. The molecule has 1 aliphatic rings. The zero-order valence-corrected chi connectivity index (χ0v) is 19.0. The second-order valence-corrected chi connectivity index (χ2v) is 8.35. The van der Waals surface area contributed by atoms with Gasteiger partial charge in [-0.3, -0.25) is 19.4 Å². The van der Waals surface area contributed by atoms with Crippen molar-refractivity contribution in [3.05, 3.63) is 90.3 Å². The molecule has 0 atom stereocenters. The molecule has 4 rings (SSSR count). The molecule has 0 aliphatic carbocycles. The number of aromatic nitrogens is 1. The number of amides is 2. The van der Waals surface area contributed by atoms with Crippen LogP contribution in [0.15, 0.2) is 79.1 Å². The largest absolute Gasteiger partial charge is 0.329 e. The summed E-state index contributed by atoms with van der Waals surface area (Å²) in [4.78, 5) is 45.0. The Morgan fingerprint density at radius 1 is 0.971 bits per heavy atom. The van der Waals surface area contributed by atoms with Crippen molar-refractivity contribution in [1.29, 1.82) is 0 Å². The maximum atomic E-state index is 13.3. The zero-order valence-electron chi connectivity index (χ0n) is 19.0. The van der Waals surface area contributed by atoms with E-state index in [1.807, 2.05) is 42.5 Å². The van der Waals surface area contributed by atoms with Gasteiger partial charge >= 0.3 is 0 Å². The predicted octanol–water partition coefficient (Wildman–Crippen LogP) is 3.89. The van der Waals surface area contributed by atoms with Gasteiger partial charge in [0, 0.05) is 42.0 Å². The van der Waals surface area contributed by atoms with Crippen molar-refractivity contribution in [2.45, 2.75) is 12.8 Å². The third-order valence-electron chi connectivity index (χ3n) is 6.22. The van der Waals surface area contributed by atoms with Crippen LogP contribution in [0.1, 0.15) is 33.6 Å². The molecule has 7 heteroatoms. The number of likely N-dealkylation sites (tertiary alicyclic amines) is 1. The Morgan fingerprint density at radius 2 is 1.71 bits per heavy atom. The molecule has 174 valence electrons. The summed E-state index contributed by atoms with van der Waals surface area (Å²) in [7, 11) is 0. The fourth-order valence-electron chi connectivity index (χ4n) is 4.29. The molecule has 1 N–H and O–H groups in total. The van der Waals surface area contributed by atoms with Gasteiger partial charge in [-0.25, -0.2) is 0 Å². The van der Waals surface area contributed by atoms with E-state index >= 15 is 0 Å². The summed E-state index contributed by atoms with van der Waals surface area (Å²) in [6.07, 6.45) is 5.61. The van der Waals surface area contributed by atoms with Crippen LogP contribution in [0.2, 0.25) is 0 Å². The molecule has 1 saturated heterocycles. The van der Waals surface area contributed by atoms with Gasteiger partial charge in [-0.2, -0.15) is 0 Å². The molecule has 0 radical (unpaired) electrons. The van der Waals surface area contributed by atoms with Crippen molar-refractivity contribution < 1.29 is 14.4 Å². The van der Waals surface area contributed by atoms with Crippen LogP contribution in [0.5, 0.6) is 0 Å². The number of piperidine rings is 1. The number of carbonyl (C=O) groups is 3. The number of hydrogen-bond acceptors (Lipinski definition) is 5. The Kier molecular flexibility index (Phi) is 7.78. The van der Waals surface area contributed by atoms with Crippen LogP contribution in [-0.4, -0.2) is 54.2 Å². The minimum Gasteiger partial charge on any atom is -0.329 e. The quantitative estimate of drug-likeness (QED) is 0.390. The van der Waals surface area contributed by atoms with Gasteiger partial charge in [0.1, 0.15) is 0 Å². The lowest BCUT2D eigenvalue weighted by atomic mass is 9.89. The Labute approximate surface area is 199 Å². The summed E-state index contributed by atoms with van der Waals surface area (Å²) < 4.78 is 0. The molecule has 7 nitrogen and oxygen atoms in total. The monoisotopic (exact) mass is 456 g/mol. The van der Waals surface area contributed by atoms with Crippen molar-refractivity contribution in [1.82, 2.24) is 9.88 Å². The first-order valence-corrected chi connectivity index (χ1v) is 11.5. The van der Waals surface area contributed by atoms with E-state index < -0.39 is 0 Å². The second-order valence-electron chi connectivity index (χ2n) is 8.35. The highest BCUT2D eigenvalue weighted by Gasteiger charge is 2.26. The van der Waals surface area contributed by atoms with Crippen LogP contribution < -0.4 is 10.2 Å². The van der Waals surface area contributed by atoms with E-state index in [1.165, 1.54) is 0 Å². The fraction of sp³-hybridized carbons (Fsp3) is 0.259. The second kappa shape index (κ2) is 11.3. The topological polar surface area (TPSA) is 82.6 Å². The Bertz CT molecular complexity index is 1100. The lowest BCUT2D eigenvalue weighted by Gasteiger charge is -2.33. The summed E-state index contributed by atoms with van der Waals surface area (Å²) in [5.41, 5.74) is 2.68. The van der Waals surface area contributed by atoms with Gasteiger partial charge in [-0.15, -0.1) is 0 Å². The first-order valence-electron chi connectivity index (χ1n) is 11.5. The SMILES string of the molecule is O=CNc1ccc(C(=O)N(CCN2CCC(C(=O)c3ccccc3)CC2)c2cccnc2)cc1. The standard InChI is InChI=1S/C27H28N4O3/c32-20-29-24-10-8-23(9-11-24)27(34)31(25-7-4-14-28-19-25)18-17-30-15-12-22(13-16-30)26(33)21-5-2-1-3-6-21/h1-11,14,19-20,22H,12-13,15-18H2,(H,29,32). The Hall–Kier alpha value is -3.84. The van der Waals surface area contributed by atoms with Crippen LogP contribution in [0.3, 0.4) is 0 Å². The highest BCUT2D eigenvalue weighted by atomic mass is 16.2. The third kappa shape index (κ3) is 5.74. The number of nitrogens with one attached hydrogen (secondary N) is 1. The van der Waals surface area contributed by atoms with E-state index in [9.17, 15) is 14.4 Å². The van der Waals surface area contributed by atoms with Crippen molar-refractivity contribution >= 4 is 29.5 Å². The van der Waals surface area contributed by atoms with Gasteiger partial charge in [0.15, 0.2) is 5.78 Å². The molecule has 0 saturated carbocycles. The van der Waals surface area contributed by atoms with E-state index in [4.69, 9.17) is 0 Å². The number of ketones is 1. The molecule has 1 fully saturated rings. The van der Waals surface area contributed by atoms with E-state index in [0.29, 0.717) is 30.8 Å². The van der Waals surface area contributed by atoms with Crippen molar-refractivity contribution in [3.63, 3.8) is 0 Å². The van der Waals surface area contributed by atoms with Gasteiger partial charge < -0.3 is 15.1 Å². The minimum atomic E-state index is -0.125. The molecule has 0 bridgehead atoms. The summed E-state index contributed by atoms with van der Waals surface area (Å²) >= 11 is 0. The zero-order chi connectivity index (χ0) is 23.8. The van der Waals surface area contributed by atoms with Crippen LogP contribution in [-0.2, 0) is 4.79 Å². The number of rotatable bonds is 9. The summed E-state index contributed by atoms with van der Waals surface area (Å²) in [5, 5.41) is 2.58. The number of pyridine rings is 1. The van der Waals surface area contributed by atoms with Crippen LogP contribution >= 0.6 is 0 Å². The normalized spacial score (nSPS) is 14.4. The number of hydrogen-bond donors (Lipinski definition) is 1. The van der Waals surface area contributed by atoms with Gasteiger partial charge in [-0.1, -0.05) is 30.3 Å². The molecule has 2 amide bonds. The maximum absolute atomic E-state index is 13.3. The number of nitrogens with zero attached hydrogens (tertiary/aromatic N) is 3. The number of Topliss-reactive ketones (excluding diaryl/α,β-unsaturated/α-hetero) is 1. The molecule has 34 heavy (non-hydrogen) atoms. The Balaban J connectivity index is 1.38. The fourth-order valence-corrected chi connectivity index (χ4v) is 4.29. The molecular formula is C27H28N4O3. The molecule has 2 heterocycles. The van der Waals surface area contributed by atoms with Crippen molar-refractivity contribution in [2.75, 3.05) is 36.4 Å². The molecular weight excluding hydrogens is 428 g/mol. The smallest absolute Gasteiger partial charge is 0.258 e. The maximum Gasteiger partial charge on any atom is 0.258 e. The van der Waals surface area contributed by atoms with Crippen LogP contribution in [0.4, 0.5) is 11.4 Å². The van der Waals surface area contributed by atoms with E-state index in [-0.39, 0.29) is 17.6 Å². The Morgan fingerprint density at radius 3 is 2.35 bits per heavy atom. The molecule has 0 spiro atoms. The summed E-state index contributed by atoms with van der Waals surface area (Å²) in [6.45, 7) is 2.86. The third-order valence-corrected chi connectivity index (χ3v) is 6.22. The summed E-state index contributed by atoms with van der Waals surface area (Å²) in [5.74, 6) is 0.146. The van der Waals surface area contributed by atoms with Gasteiger partial charge in [0.05, 0.1) is 11.9 Å². The number of carbonyl (C=O) groups excluding carboxylic acids is 3. The van der Waals surface area contributed by atoms with Crippen LogP contribution in [0, 0.1) is 5.92 Å². The molecule has 2 aromatic carbocycles. The highest BCUT2D eigenvalue weighted by Crippen LogP contribution is 2.23. The molecule has 1 aliphatic heterocycles. The number of anilines is 2. The van der Waals surface area contributed by atoms with E-state index in [0.717, 1.165) is 37.2 Å².